The number of fused-ring (bicyclic) bond motifs is 3. The van der Waals surface area contributed by atoms with Gasteiger partial charge in [-0.05, 0) is 59.7 Å². The van der Waals surface area contributed by atoms with Crippen molar-refractivity contribution in [3.63, 3.8) is 0 Å². The van der Waals surface area contributed by atoms with Crippen molar-refractivity contribution in [2.75, 3.05) is 0 Å². The van der Waals surface area contributed by atoms with Crippen molar-refractivity contribution in [1.82, 2.24) is 24.9 Å². The molecule has 2 aromatic heterocycles. The van der Waals surface area contributed by atoms with Gasteiger partial charge in [-0.2, -0.15) is 0 Å². The minimum Gasteiger partial charge on any atom is -0.237 e. The highest BCUT2D eigenvalue weighted by atomic mass is 15.0. The van der Waals surface area contributed by atoms with Crippen LogP contribution in [-0.4, -0.2) is 24.9 Å². The van der Waals surface area contributed by atoms with Crippen LogP contribution >= 0.6 is 0 Å². The third-order valence-corrected chi connectivity index (χ3v) is 6.57. The van der Waals surface area contributed by atoms with E-state index in [1.165, 1.54) is 33.4 Å². The van der Waals surface area contributed by atoms with Crippen molar-refractivity contribution in [2.45, 2.75) is 39.5 Å². The lowest BCUT2D eigenvalue weighted by atomic mass is 10.0. The van der Waals surface area contributed by atoms with Gasteiger partial charge in [0.2, 0.25) is 0 Å². The summed E-state index contributed by atoms with van der Waals surface area (Å²) in [4.78, 5) is 23.2. The van der Waals surface area contributed by atoms with Gasteiger partial charge < -0.3 is 0 Å². The first-order chi connectivity index (χ1) is 17.6. The van der Waals surface area contributed by atoms with Crippen molar-refractivity contribution >= 4 is 0 Å². The van der Waals surface area contributed by atoms with Gasteiger partial charge in [-0.25, -0.2) is 24.9 Å². The highest BCUT2D eigenvalue weighted by molar-refractivity contribution is 5.77. The molecule has 5 heteroatoms. The van der Waals surface area contributed by atoms with E-state index in [-0.39, 0.29) is 0 Å². The average molecular weight is 470 g/mol. The molecule has 0 amide bonds. The zero-order valence-electron chi connectivity index (χ0n) is 20.6. The molecule has 0 atom stereocenters. The molecular weight excluding hydrogens is 442 g/mol. The number of benzene rings is 3. The maximum absolute atomic E-state index is 4.95. The van der Waals surface area contributed by atoms with E-state index in [2.05, 4.69) is 87.7 Å². The van der Waals surface area contributed by atoms with Gasteiger partial charge in [-0.1, -0.05) is 72.8 Å². The third kappa shape index (κ3) is 4.78. The van der Waals surface area contributed by atoms with Crippen LogP contribution in [0.4, 0.5) is 0 Å². The summed E-state index contributed by atoms with van der Waals surface area (Å²) in [6.45, 7) is 3.78. The van der Waals surface area contributed by atoms with Crippen LogP contribution in [0.25, 0.3) is 11.1 Å². The fraction of sp³-hybridized carbons (Fsp3) is 0.194. The van der Waals surface area contributed by atoms with Crippen molar-refractivity contribution < 1.29 is 0 Å². The molecule has 0 saturated carbocycles. The van der Waals surface area contributed by atoms with Gasteiger partial charge >= 0.3 is 0 Å². The highest BCUT2D eigenvalue weighted by Crippen LogP contribution is 2.37. The molecule has 1 aliphatic carbocycles. The van der Waals surface area contributed by atoms with E-state index < -0.39 is 0 Å². The Morgan fingerprint density at radius 3 is 1.94 bits per heavy atom. The third-order valence-electron chi connectivity index (χ3n) is 6.57. The van der Waals surface area contributed by atoms with Gasteiger partial charge in [-0.15, -0.1) is 0 Å². The molecule has 2 heterocycles. The molecule has 0 radical (unpaired) electrons. The molecule has 176 valence electrons. The first-order valence-corrected chi connectivity index (χ1v) is 12.4. The molecule has 1 aliphatic rings. The number of aromatic nitrogens is 5. The van der Waals surface area contributed by atoms with Crippen molar-refractivity contribution in [1.29, 1.82) is 0 Å². The Balaban J connectivity index is 1.32. The topological polar surface area (TPSA) is 64.5 Å². The smallest absolute Gasteiger partial charge is 0.140 e. The molecule has 0 fully saturated rings. The Hall–Kier alpha value is -4.25. The van der Waals surface area contributed by atoms with E-state index >= 15 is 0 Å². The highest BCUT2D eigenvalue weighted by Gasteiger charge is 2.18. The van der Waals surface area contributed by atoms with E-state index in [0.29, 0.717) is 12.2 Å². The van der Waals surface area contributed by atoms with E-state index in [1.807, 2.05) is 19.9 Å². The zero-order valence-corrected chi connectivity index (χ0v) is 20.6. The SMILES string of the molecule is Cc1nc(C)nc(Cc2nc(Cc3ccccc3)cc(Cc3ccc4c(c3)Cc3ccccc3-4)n2)n1. The van der Waals surface area contributed by atoms with Gasteiger partial charge in [-0.3, -0.25) is 0 Å². The Morgan fingerprint density at radius 2 is 1.17 bits per heavy atom. The van der Waals surface area contributed by atoms with E-state index in [1.54, 1.807) is 0 Å². The van der Waals surface area contributed by atoms with Gasteiger partial charge in [0.15, 0.2) is 0 Å². The molecule has 0 unspecified atom stereocenters. The van der Waals surface area contributed by atoms with Crippen LogP contribution in [0.3, 0.4) is 0 Å². The largest absolute Gasteiger partial charge is 0.237 e. The number of hydrogen-bond acceptors (Lipinski definition) is 5. The molecule has 6 rings (SSSR count). The lowest BCUT2D eigenvalue weighted by molar-refractivity contribution is 0.799. The van der Waals surface area contributed by atoms with E-state index in [9.17, 15) is 0 Å². The summed E-state index contributed by atoms with van der Waals surface area (Å²) in [5, 5.41) is 0. The molecular formula is C31H27N5. The molecule has 5 aromatic rings. The Morgan fingerprint density at radius 1 is 0.528 bits per heavy atom. The second-order valence-corrected chi connectivity index (χ2v) is 9.45. The van der Waals surface area contributed by atoms with Crippen LogP contribution in [0.1, 0.15) is 56.9 Å². The second-order valence-electron chi connectivity index (χ2n) is 9.45. The van der Waals surface area contributed by atoms with Crippen LogP contribution in [0.5, 0.6) is 0 Å². The van der Waals surface area contributed by atoms with Gasteiger partial charge in [0.25, 0.3) is 0 Å². The molecule has 3 aromatic carbocycles. The van der Waals surface area contributed by atoms with E-state index in [0.717, 1.165) is 48.1 Å². The summed E-state index contributed by atoms with van der Waals surface area (Å²) >= 11 is 0. The first-order valence-electron chi connectivity index (χ1n) is 12.4. The fourth-order valence-corrected chi connectivity index (χ4v) is 5.10. The molecule has 0 aliphatic heterocycles. The van der Waals surface area contributed by atoms with Crippen LogP contribution in [0.2, 0.25) is 0 Å². The van der Waals surface area contributed by atoms with Gasteiger partial charge in [0.1, 0.15) is 23.3 Å². The molecule has 0 saturated heterocycles. The zero-order chi connectivity index (χ0) is 24.5. The summed E-state index contributed by atoms with van der Waals surface area (Å²) in [5.41, 5.74) is 10.0. The van der Waals surface area contributed by atoms with E-state index in [4.69, 9.17) is 9.97 Å². The predicted molar refractivity (Wildman–Crippen MR) is 141 cm³/mol. The maximum atomic E-state index is 4.95. The average Bonchev–Trinajstić information content (AvgIpc) is 3.22. The van der Waals surface area contributed by atoms with Crippen molar-refractivity contribution in [3.05, 3.63) is 136 Å². The van der Waals surface area contributed by atoms with Gasteiger partial charge in [0, 0.05) is 24.2 Å². The van der Waals surface area contributed by atoms with Crippen molar-refractivity contribution in [2.24, 2.45) is 0 Å². The molecule has 36 heavy (non-hydrogen) atoms. The van der Waals surface area contributed by atoms with Crippen LogP contribution in [-0.2, 0) is 25.7 Å². The van der Waals surface area contributed by atoms with Crippen LogP contribution in [0, 0.1) is 13.8 Å². The quantitative estimate of drug-likeness (QED) is 0.317. The monoisotopic (exact) mass is 469 g/mol. The fourth-order valence-electron chi connectivity index (χ4n) is 5.10. The Kier molecular flexibility index (Phi) is 5.82. The minimum atomic E-state index is 0.485. The minimum absolute atomic E-state index is 0.485. The molecule has 5 nitrogen and oxygen atoms in total. The van der Waals surface area contributed by atoms with Crippen molar-refractivity contribution in [3.8, 4) is 11.1 Å². The standard InChI is InChI=1S/C31H27N5/c1-20-32-21(2)34-30(33-20)19-31-35-26(15-22-8-4-3-5-9-22)18-27(36-31)16-23-12-13-29-25(14-23)17-24-10-6-7-11-28(24)29/h3-14,18H,15-17,19H2,1-2H3. The lowest BCUT2D eigenvalue weighted by Crippen LogP contribution is -2.09. The Labute approximate surface area is 211 Å². The first kappa shape index (κ1) is 22.2. The normalized spacial score (nSPS) is 11.8. The van der Waals surface area contributed by atoms with Crippen LogP contribution in [0.15, 0.2) is 78.9 Å². The summed E-state index contributed by atoms with van der Waals surface area (Å²) in [6.07, 6.45) is 3.00. The molecule has 0 bridgehead atoms. The maximum Gasteiger partial charge on any atom is 0.140 e. The summed E-state index contributed by atoms with van der Waals surface area (Å²) < 4.78 is 0. The molecule has 0 N–H and O–H groups in total. The predicted octanol–water partition coefficient (Wildman–Crippen LogP) is 5.62. The molecule has 0 spiro atoms. The number of nitrogens with zero attached hydrogens (tertiary/aromatic N) is 5. The number of aryl methyl sites for hydroxylation is 2. The van der Waals surface area contributed by atoms with Crippen LogP contribution < -0.4 is 0 Å². The summed E-state index contributed by atoms with van der Waals surface area (Å²) in [7, 11) is 0. The summed E-state index contributed by atoms with van der Waals surface area (Å²) in [6, 6.07) is 28.1. The number of hydrogen-bond donors (Lipinski definition) is 0. The lowest BCUT2D eigenvalue weighted by Gasteiger charge is -2.10. The van der Waals surface area contributed by atoms with Gasteiger partial charge in [0.05, 0.1) is 6.42 Å². The summed E-state index contributed by atoms with van der Waals surface area (Å²) in [5.74, 6) is 2.89. The Bertz CT molecular complexity index is 1540. The number of rotatable bonds is 6. The second kappa shape index (κ2) is 9.42.